The number of rotatable bonds is 9. The van der Waals surface area contributed by atoms with Crippen molar-refractivity contribution in [3.05, 3.63) is 71.8 Å². The molecule has 0 spiro atoms. The first kappa shape index (κ1) is 25.8. The number of amides is 2. The zero-order valence-electron chi connectivity index (χ0n) is 19.9. The molecule has 0 aromatic heterocycles. The Labute approximate surface area is 205 Å². The molecule has 8 heteroatoms. The van der Waals surface area contributed by atoms with Crippen molar-refractivity contribution < 1.29 is 23.9 Å². The Kier molecular flexibility index (Phi) is 9.24. The fourth-order valence-electron chi connectivity index (χ4n) is 4.18. The minimum Gasteiger partial charge on any atom is -0.454 e. The number of hydrogen-bond donors (Lipinski definition) is 1. The third kappa shape index (κ3) is 7.31. The standard InChI is InChI=1S/C27H31N3O5/c1-30(27(20-28)15-9-4-10-16-27)24(31)19-34-25(32)23(17-21-11-5-2-6-12-21)29-26(33)35-18-22-13-7-3-8-14-22/h2-3,5-8,11-14,23H,4,9-10,15-19H2,1H3,(H,29,33)/t23-/m0/s1. The van der Waals surface area contributed by atoms with Gasteiger partial charge in [0.05, 0.1) is 6.07 Å². The molecule has 2 aromatic carbocycles. The van der Waals surface area contributed by atoms with Crippen LogP contribution in [0.1, 0.15) is 43.2 Å². The second-order valence-corrected chi connectivity index (χ2v) is 8.71. The molecule has 2 aromatic rings. The van der Waals surface area contributed by atoms with Gasteiger partial charge in [0.15, 0.2) is 6.61 Å². The molecular formula is C27H31N3O5. The fraction of sp³-hybridized carbons (Fsp3) is 0.407. The van der Waals surface area contributed by atoms with Gasteiger partial charge in [-0.2, -0.15) is 5.26 Å². The van der Waals surface area contributed by atoms with E-state index in [1.165, 1.54) is 4.90 Å². The van der Waals surface area contributed by atoms with E-state index in [0.29, 0.717) is 12.8 Å². The summed E-state index contributed by atoms with van der Waals surface area (Å²) >= 11 is 0. The number of alkyl carbamates (subject to hydrolysis) is 1. The highest BCUT2D eigenvalue weighted by atomic mass is 16.6. The van der Waals surface area contributed by atoms with Crippen molar-refractivity contribution in [1.82, 2.24) is 10.2 Å². The summed E-state index contributed by atoms with van der Waals surface area (Å²) in [4.78, 5) is 39.4. The topological polar surface area (TPSA) is 109 Å². The van der Waals surface area contributed by atoms with Gasteiger partial charge >= 0.3 is 12.1 Å². The average molecular weight is 478 g/mol. The van der Waals surface area contributed by atoms with Crippen molar-refractivity contribution in [3.63, 3.8) is 0 Å². The summed E-state index contributed by atoms with van der Waals surface area (Å²) in [6, 6.07) is 19.6. The predicted octanol–water partition coefficient (Wildman–Crippen LogP) is 3.75. The Morgan fingerprint density at radius 1 is 0.971 bits per heavy atom. The Bertz CT molecular complexity index is 1030. The van der Waals surface area contributed by atoms with E-state index in [-0.39, 0.29) is 13.0 Å². The molecule has 2 amide bonds. The van der Waals surface area contributed by atoms with Crippen molar-refractivity contribution in [1.29, 1.82) is 5.26 Å². The molecule has 0 bridgehead atoms. The van der Waals surface area contributed by atoms with Gasteiger partial charge in [-0.05, 0) is 24.0 Å². The zero-order chi connectivity index (χ0) is 25.1. The fourth-order valence-corrected chi connectivity index (χ4v) is 4.18. The molecule has 0 radical (unpaired) electrons. The highest BCUT2D eigenvalue weighted by Crippen LogP contribution is 2.32. The molecule has 35 heavy (non-hydrogen) atoms. The summed E-state index contributed by atoms with van der Waals surface area (Å²) in [5, 5.41) is 12.3. The van der Waals surface area contributed by atoms with Crippen LogP contribution in [0.25, 0.3) is 0 Å². The third-order valence-electron chi connectivity index (χ3n) is 6.31. The Hall–Kier alpha value is -3.86. The molecule has 0 heterocycles. The Balaban J connectivity index is 1.60. The molecule has 0 saturated heterocycles. The van der Waals surface area contributed by atoms with Crippen molar-refractivity contribution in [2.24, 2.45) is 0 Å². The Morgan fingerprint density at radius 2 is 1.57 bits per heavy atom. The maximum Gasteiger partial charge on any atom is 0.408 e. The molecule has 184 valence electrons. The number of hydrogen-bond acceptors (Lipinski definition) is 6. The van der Waals surface area contributed by atoms with E-state index in [1.54, 1.807) is 7.05 Å². The van der Waals surface area contributed by atoms with Gasteiger partial charge in [0, 0.05) is 13.5 Å². The normalized spacial score (nSPS) is 15.2. The lowest BCUT2D eigenvalue weighted by molar-refractivity contribution is -0.155. The van der Waals surface area contributed by atoms with E-state index in [2.05, 4.69) is 11.4 Å². The van der Waals surface area contributed by atoms with Gasteiger partial charge in [-0.25, -0.2) is 9.59 Å². The minimum absolute atomic E-state index is 0.0549. The summed E-state index contributed by atoms with van der Waals surface area (Å²) in [5.74, 6) is -1.20. The van der Waals surface area contributed by atoms with E-state index >= 15 is 0 Å². The molecule has 1 fully saturated rings. The molecule has 8 nitrogen and oxygen atoms in total. The van der Waals surface area contributed by atoms with Gasteiger partial charge in [-0.3, -0.25) is 4.79 Å². The van der Waals surface area contributed by atoms with Gasteiger partial charge in [0.1, 0.15) is 18.2 Å². The number of carbonyl (C=O) groups excluding carboxylic acids is 3. The predicted molar refractivity (Wildman–Crippen MR) is 129 cm³/mol. The number of esters is 1. The molecule has 3 rings (SSSR count). The van der Waals surface area contributed by atoms with Crippen LogP contribution < -0.4 is 5.32 Å². The van der Waals surface area contributed by atoms with Crippen LogP contribution in [0.15, 0.2) is 60.7 Å². The van der Waals surface area contributed by atoms with E-state index in [0.717, 1.165) is 30.4 Å². The summed E-state index contributed by atoms with van der Waals surface area (Å²) in [7, 11) is 1.57. The van der Waals surface area contributed by atoms with E-state index in [4.69, 9.17) is 9.47 Å². The van der Waals surface area contributed by atoms with Gasteiger partial charge in [0.2, 0.25) is 0 Å². The zero-order valence-corrected chi connectivity index (χ0v) is 19.9. The second kappa shape index (κ2) is 12.6. The highest BCUT2D eigenvalue weighted by Gasteiger charge is 2.39. The van der Waals surface area contributed by atoms with E-state index < -0.39 is 36.2 Å². The lowest BCUT2D eigenvalue weighted by Gasteiger charge is -2.38. The number of benzene rings is 2. The van der Waals surface area contributed by atoms with Crippen LogP contribution >= 0.6 is 0 Å². The number of nitrogens with one attached hydrogen (secondary N) is 1. The maximum atomic E-state index is 12.9. The second-order valence-electron chi connectivity index (χ2n) is 8.71. The largest absolute Gasteiger partial charge is 0.454 e. The average Bonchev–Trinajstić information content (AvgIpc) is 2.91. The summed E-state index contributed by atoms with van der Waals surface area (Å²) in [6.07, 6.45) is 3.40. The Morgan fingerprint density at radius 3 is 2.17 bits per heavy atom. The summed E-state index contributed by atoms with van der Waals surface area (Å²) in [5.41, 5.74) is 0.754. The minimum atomic E-state index is -1.04. The first-order valence-electron chi connectivity index (χ1n) is 11.8. The number of nitriles is 1. The van der Waals surface area contributed by atoms with Crippen LogP contribution in [0.2, 0.25) is 0 Å². The molecule has 1 aliphatic carbocycles. The van der Waals surface area contributed by atoms with Crippen molar-refractivity contribution in [2.75, 3.05) is 13.7 Å². The van der Waals surface area contributed by atoms with Crippen LogP contribution in [-0.2, 0) is 32.1 Å². The number of likely N-dealkylation sites (N-methyl/N-ethyl adjacent to an activating group) is 1. The van der Waals surface area contributed by atoms with Crippen molar-refractivity contribution >= 4 is 18.0 Å². The van der Waals surface area contributed by atoms with Crippen LogP contribution in [0.5, 0.6) is 0 Å². The van der Waals surface area contributed by atoms with E-state index in [1.807, 2.05) is 60.7 Å². The van der Waals surface area contributed by atoms with Crippen LogP contribution in [0.4, 0.5) is 4.79 Å². The molecule has 1 N–H and O–H groups in total. The van der Waals surface area contributed by atoms with Crippen LogP contribution in [0, 0.1) is 11.3 Å². The molecule has 0 aliphatic heterocycles. The van der Waals surface area contributed by atoms with Crippen molar-refractivity contribution in [2.45, 2.75) is 56.7 Å². The van der Waals surface area contributed by atoms with Gasteiger partial charge in [-0.1, -0.05) is 79.9 Å². The van der Waals surface area contributed by atoms with Gasteiger partial charge < -0.3 is 19.7 Å². The molecule has 1 saturated carbocycles. The number of nitrogens with zero attached hydrogens (tertiary/aromatic N) is 2. The van der Waals surface area contributed by atoms with Crippen LogP contribution in [-0.4, -0.2) is 48.1 Å². The molecule has 1 aliphatic rings. The van der Waals surface area contributed by atoms with Crippen LogP contribution in [0.3, 0.4) is 0 Å². The quantitative estimate of drug-likeness (QED) is 0.551. The SMILES string of the molecule is CN(C(=O)COC(=O)[C@H](Cc1ccccc1)NC(=O)OCc1ccccc1)C1(C#N)CCCCC1. The van der Waals surface area contributed by atoms with Gasteiger partial charge in [0.25, 0.3) is 5.91 Å². The molecule has 1 atom stereocenters. The summed E-state index contributed by atoms with van der Waals surface area (Å²) < 4.78 is 10.5. The monoisotopic (exact) mass is 477 g/mol. The van der Waals surface area contributed by atoms with E-state index in [9.17, 15) is 19.6 Å². The first-order valence-corrected chi connectivity index (χ1v) is 11.8. The molecule has 0 unspecified atom stereocenters. The summed E-state index contributed by atoms with van der Waals surface area (Å²) in [6.45, 7) is -0.454. The lowest BCUT2D eigenvalue weighted by atomic mass is 9.81. The third-order valence-corrected chi connectivity index (χ3v) is 6.31. The molecular weight excluding hydrogens is 446 g/mol. The first-order chi connectivity index (χ1) is 16.9. The smallest absolute Gasteiger partial charge is 0.408 e. The van der Waals surface area contributed by atoms with Crippen molar-refractivity contribution in [3.8, 4) is 6.07 Å². The van der Waals surface area contributed by atoms with Gasteiger partial charge in [-0.15, -0.1) is 0 Å². The lowest BCUT2D eigenvalue weighted by Crippen LogP contribution is -2.51. The number of ether oxygens (including phenoxy) is 2. The number of carbonyl (C=O) groups is 3. The highest BCUT2D eigenvalue weighted by molar-refractivity contribution is 5.85. The maximum absolute atomic E-state index is 12.9.